The monoisotopic (exact) mass is 639 g/mol. The fourth-order valence-corrected chi connectivity index (χ4v) is 6.45. The minimum atomic E-state index is -0.378. The Labute approximate surface area is 277 Å². The van der Waals surface area contributed by atoms with Gasteiger partial charge >= 0.3 is 11.9 Å². The highest BCUT2D eigenvalue weighted by Gasteiger charge is 2.31. The van der Waals surface area contributed by atoms with Crippen LogP contribution >= 0.6 is 0 Å². The Morgan fingerprint density at radius 2 is 1.49 bits per heavy atom. The SMILES string of the molecule is CC/C(=C(/c1ccc(OCC(CNCC2CCCCC2)OC(C)=O)cc1)c1ccc(OC(=O)C2CC2)cc1)c1ccc2c(c1)OCO2. The van der Waals surface area contributed by atoms with Gasteiger partial charge in [0.1, 0.15) is 24.2 Å². The van der Waals surface area contributed by atoms with E-state index in [1.807, 2.05) is 48.5 Å². The van der Waals surface area contributed by atoms with Crippen molar-refractivity contribution in [1.29, 1.82) is 0 Å². The fraction of sp³-hybridized carbons (Fsp3) is 0.436. The number of carbonyl (C=O) groups is 2. The molecule has 0 aromatic heterocycles. The maximum absolute atomic E-state index is 12.3. The zero-order valence-corrected chi connectivity index (χ0v) is 27.4. The molecular weight excluding hydrogens is 594 g/mol. The topological polar surface area (TPSA) is 92.3 Å². The number of ether oxygens (including phenoxy) is 5. The highest BCUT2D eigenvalue weighted by Crippen LogP contribution is 2.40. The summed E-state index contributed by atoms with van der Waals surface area (Å²) in [4.78, 5) is 24.1. The molecule has 1 unspecified atom stereocenters. The third kappa shape index (κ3) is 8.74. The average molecular weight is 640 g/mol. The van der Waals surface area contributed by atoms with Crippen LogP contribution in [0.3, 0.4) is 0 Å². The third-order valence-corrected chi connectivity index (χ3v) is 9.09. The van der Waals surface area contributed by atoms with Crippen LogP contribution in [-0.4, -0.2) is 44.5 Å². The molecule has 8 heteroatoms. The van der Waals surface area contributed by atoms with Gasteiger partial charge < -0.3 is 29.0 Å². The van der Waals surface area contributed by atoms with E-state index in [9.17, 15) is 9.59 Å². The average Bonchev–Trinajstić information content (AvgIpc) is 3.84. The number of esters is 2. The van der Waals surface area contributed by atoms with Gasteiger partial charge in [0.25, 0.3) is 0 Å². The molecule has 0 bridgehead atoms. The standard InChI is InChI=1S/C39H45NO7/c1-3-35(31-15-20-36-37(21-31)45-25-44-36)38(29-13-18-33(19-14-29)47-39(42)30-9-10-30)28-11-16-32(17-12-28)43-24-34(46-26(2)41)23-40-22-27-7-5-4-6-8-27/h11-21,27,30,34,40H,3-10,22-25H2,1-2H3/b38-35+. The van der Waals surface area contributed by atoms with E-state index in [-0.39, 0.29) is 37.4 Å². The number of hydrogen-bond acceptors (Lipinski definition) is 8. The molecule has 0 radical (unpaired) electrons. The normalized spacial score (nSPS) is 17.1. The predicted octanol–water partition coefficient (Wildman–Crippen LogP) is 7.58. The van der Waals surface area contributed by atoms with Crippen LogP contribution in [0.5, 0.6) is 23.0 Å². The van der Waals surface area contributed by atoms with Crippen molar-refractivity contribution in [3.8, 4) is 23.0 Å². The van der Waals surface area contributed by atoms with E-state index in [0.717, 1.165) is 65.1 Å². The summed E-state index contributed by atoms with van der Waals surface area (Å²) in [5, 5.41) is 3.50. The second-order valence-electron chi connectivity index (χ2n) is 12.7. The molecular formula is C39H45NO7. The molecule has 2 aliphatic carbocycles. The molecule has 3 aromatic carbocycles. The maximum atomic E-state index is 12.3. The zero-order chi connectivity index (χ0) is 32.6. The van der Waals surface area contributed by atoms with E-state index in [0.29, 0.717) is 24.0 Å². The predicted molar refractivity (Wildman–Crippen MR) is 181 cm³/mol. The first kappa shape index (κ1) is 32.6. The van der Waals surface area contributed by atoms with Gasteiger partial charge in [0.2, 0.25) is 6.79 Å². The quantitative estimate of drug-likeness (QED) is 0.110. The summed E-state index contributed by atoms with van der Waals surface area (Å²) in [7, 11) is 0. The number of carbonyl (C=O) groups excluding carboxylic acids is 2. The highest BCUT2D eigenvalue weighted by atomic mass is 16.7. The number of hydrogen-bond donors (Lipinski definition) is 1. The van der Waals surface area contributed by atoms with Gasteiger partial charge in [-0.1, -0.05) is 56.5 Å². The molecule has 6 rings (SSSR count). The van der Waals surface area contributed by atoms with Crippen molar-refractivity contribution in [3.05, 3.63) is 83.4 Å². The number of rotatable bonds is 14. The van der Waals surface area contributed by atoms with Gasteiger partial charge in [-0.15, -0.1) is 0 Å². The maximum Gasteiger partial charge on any atom is 0.314 e. The summed E-state index contributed by atoms with van der Waals surface area (Å²) in [6.07, 6.45) is 8.65. The van der Waals surface area contributed by atoms with E-state index < -0.39 is 0 Å². The number of nitrogens with one attached hydrogen (secondary N) is 1. The minimum Gasteiger partial charge on any atom is -0.490 e. The minimum absolute atomic E-state index is 0.0330. The summed E-state index contributed by atoms with van der Waals surface area (Å²) in [6, 6.07) is 21.8. The van der Waals surface area contributed by atoms with E-state index in [2.05, 4.69) is 30.4 Å². The molecule has 0 spiro atoms. The summed E-state index contributed by atoms with van der Waals surface area (Å²) in [5.74, 6) is 2.97. The summed E-state index contributed by atoms with van der Waals surface area (Å²) in [6.45, 7) is 5.55. The lowest BCUT2D eigenvalue weighted by Crippen LogP contribution is -2.37. The number of allylic oxidation sites excluding steroid dienone is 1. The fourth-order valence-electron chi connectivity index (χ4n) is 6.45. The Morgan fingerprint density at radius 1 is 0.830 bits per heavy atom. The molecule has 2 fully saturated rings. The van der Waals surface area contributed by atoms with Gasteiger partial charge in [0.15, 0.2) is 11.5 Å². The lowest BCUT2D eigenvalue weighted by atomic mass is 9.88. The Morgan fingerprint density at radius 3 is 2.15 bits per heavy atom. The molecule has 8 nitrogen and oxygen atoms in total. The molecule has 0 saturated heterocycles. The van der Waals surface area contributed by atoms with Gasteiger partial charge in [0, 0.05) is 13.5 Å². The summed E-state index contributed by atoms with van der Waals surface area (Å²) < 4.78 is 28.6. The van der Waals surface area contributed by atoms with Gasteiger partial charge in [-0.05, 0) is 109 Å². The van der Waals surface area contributed by atoms with Crippen LogP contribution in [0.4, 0.5) is 0 Å². The Kier molecular flexibility index (Phi) is 10.8. The first-order valence-electron chi connectivity index (χ1n) is 17.0. The number of benzene rings is 3. The van der Waals surface area contributed by atoms with Gasteiger partial charge in [-0.3, -0.25) is 9.59 Å². The highest BCUT2D eigenvalue weighted by molar-refractivity contribution is 5.99. The van der Waals surface area contributed by atoms with Crippen molar-refractivity contribution in [2.45, 2.75) is 71.3 Å². The second-order valence-corrected chi connectivity index (χ2v) is 12.7. The molecule has 2 saturated carbocycles. The molecule has 3 aromatic rings. The van der Waals surface area contributed by atoms with Crippen LogP contribution < -0.4 is 24.3 Å². The van der Waals surface area contributed by atoms with E-state index in [4.69, 9.17) is 23.7 Å². The lowest BCUT2D eigenvalue weighted by Gasteiger charge is -2.24. The van der Waals surface area contributed by atoms with Crippen molar-refractivity contribution in [2.24, 2.45) is 11.8 Å². The zero-order valence-electron chi connectivity index (χ0n) is 27.4. The largest absolute Gasteiger partial charge is 0.490 e. The molecule has 1 heterocycles. The molecule has 248 valence electrons. The Hall–Kier alpha value is -4.30. The van der Waals surface area contributed by atoms with Crippen molar-refractivity contribution >= 4 is 23.1 Å². The molecule has 1 N–H and O–H groups in total. The van der Waals surface area contributed by atoms with Crippen molar-refractivity contribution in [2.75, 3.05) is 26.5 Å². The smallest absolute Gasteiger partial charge is 0.314 e. The molecule has 1 atom stereocenters. The van der Waals surface area contributed by atoms with Crippen LogP contribution in [0.15, 0.2) is 66.7 Å². The second kappa shape index (κ2) is 15.5. The van der Waals surface area contributed by atoms with Crippen LogP contribution in [0.25, 0.3) is 11.1 Å². The van der Waals surface area contributed by atoms with E-state index in [1.165, 1.54) is 39.0 Å². The summed E-state index contributed by atoms with van der Waals surface area (Å²) >= 11 is 0. The molecule has 0 amide bonds. The first-order valence-corrected chi connectivity index (χ1v) is 17.0. The van der Waals surface area contributed by atoms with Crippen LogP contribution in [0.2, 0.25) is 0 Å². The third-order valence-electron chi connectivity index (χ3n) is 9.09. The van der Waals surface area contributed by atoms with E-state index in [1.54, 1.807) is 0 Å². The van der Waals surface area contributed by atoms with Crippen LogP contribution in [-0.2, 0) is 14.3 Å². The first-order chi connectivity index (χ1) is 23.0. The number of fused-ring (bicyclic) bond motifs is 1. The van der Waals surface area contributed by atoms with Crippen molar-refractivity contribution < 1.29 is 33.3 Å². The van der Waals surface area contributed by atoms with Crippen molar-refractivity contribution in [3.63, 3.8) is 0 Å². The van der Waals surface area contributed by atoms with Crippen LogP contribution in [0, 0.1) is 11.8 Å². The van der Waals surface area contributed by atoms with Crippen LogP contribution in [0.1, 0.15) is 81.9 Å². The van der Waals surface area contributed by atoms with Crippen molar-refractivity contribution in [1.82, 2.24) is 5.32 Å². The molecule has 47 heavy (non-hydrogen) atoms. The van der Waals surface area contributed by atoms with Gasteiger partial charge in [-0.2, -0.15) is 0 Å². The van der Waals surface area contributed by atoms with E-state index >= 15 is 0 Å². The Balaban J connectivity index is 1.21. The van der Waals surface area contributed by atoms with Gasteiger partial charge in [-0.25, -0.2) is 0 Å². The summed E-state index contributed by atoms with van der Waals surface area (Å²) in [5.41, 5.74) is 5.25. The molecule has 1 aliphatic heterocycles. The Bertz CT molecular complexity index is 1550. The van der Waals surface area contributed by atoms with Gasteiger partial charge in [0.05, 0.1) is 5.92 Å². The molecule has 3 aliphatic rings. The lowest BCUT2D eigenvalue weighted by molar-refractivity contribution is -0.147.